The summed E-state index contributed by atoms with van der Waals surface area (Å²) in [6, 6.07) is 8.85. The van der Waals surface area contributed by atoms with Crippen LogP contribution in [-0.4, -0.2) is 18.0 Å². The third kappa shape index (κ3) is 4.37. The number of alkyl halides is 3. The van der Waals surface area contributed by atoms with Crippen LogP contribution >= 0.6 is 11.6 Å². The molecule has 28 heavy (non-hydrogen) atoms. The SMILES string of the molecule is CC(NS(=O)(=O)c1ccc(Cl)c(C(F)(F)F)c1)c1ccc(-n2ccnc2)cc1. The molecule has 148 valence electrons. The Morgan fingerprint density at radius 1 is 1.14 bits per heavy atom. The molecule has 1 atom stereocenters. The van der Waals surface area contributed by atoms with Gasteiger partial charge in [-0.1, -0.05) is 23.7 Å². The molecule has 0 saturated carbocycles. The van der Waals surface area contributed by atoms with Crippen molar-refractivity contribution in [1.82, 2.24) is 14.3 Å². The Bertz CT molecular complexity index is 1070. The van der Waals surface area contributed by atoms with E-state index in [1.807, 2.05) is 0 Å². The first kappa shape index (κ1) is 20.4. The van der Waals surface area contributed by atoms with Crippen molar-refractivity contribution in [2.45, 2.75) is 24.0 Å². The van der Waals surface area contributed by atoms with E-state index in [-0.39, 0.29) is 0 Å². The van der Waals surface area contributed by atoms with Crippen molar-refractivity contribution in [3.63, 3.8) is 0 Å². The minimum Gasteiger partial charge on any atom is -0.306 e. The molecule has 0 aliphatic rings. The fraction of sp³-hybridized carbons (Fsp3) is 0.167. The van der Waals surface area contributed by atoms with Gasteiger partial charge in [-0.25, -0.2) is 18.1 Å². The number of halogens is 4. The number of aromatic nitrogens is 2. The highest BCUT2D eigenvalue weighted by molar-refractivity contribution is 7.89. The topological polar surface area (TPSA) is 64.0 Å². The Morgan fingerprint density at radius 2 is 1.82 bits per heavy atom. The molecule has 0 amide bonds. The van der Waals surface area contributed by atoms with Gasteiger partial charge < -0.3 is 4.57 Å². The molecular weight excluding hydrogens is 415 g/mol. The average Bonchev–Trinajstić information content (AvgIpc) is 3.15. The minimum absolute atomic E-state index is 0.508. The van der Waals surface area contributed by atoms with Crippen LogP contribution in [0.5, 0.6) is 0 Å². The fourth-order valence-corrected chi connectivity index (χ4v) is 4.09. The van der Waals surface area contributed by atoms with Gasteiger partial charge in [0.25, 0.3) is 0 Å². The van der Waals surface area contributed by atoms with Crippen LogP contribution in [0, 0.1) is 0 Å². The van der Waals surface area contributed by atoms with Crippen LogP contribution in [0.2, 0.25) is 5.02 Å². The summed E-state index contributed by atoms with van der Waals surface area (Å²) in [5, 5.41) is -0.561. The van der Waals surface area contributed by atoms with E-state index in [2.05, 4.69) is 9.71 Å². The van der Waals surface area contributed by atoms with E-state index < -0.39 is 37.7 Å². The molecule has 0 spiro atoms. The number of nitrogens with zero attached hydrogens (tertiary/aromatic N) is 2. The molecule has 0 fully saturated rings. The van der Waals surface area contributed by atoms with Gasteiger partial charge in [-0.2, -0.15) is 13.2 Å². The quantitative estimate of drug-likeness (QED) is 0.645. The van der Waals surface area contributed by atoms with Gasteiger partial charge in [0.1, 0.15) is 0 Å². The van der Waals surface area contributed by atoms with Crippen molar-refractivity contribution in [3.05, 3.63) is 77.3 Å². The summed E-state index contributed by atoms with van der Waals surface area (Å²) < 4.78 is 68.2. The smallest absolute Gasteiger partial charge is 0.306 e. The molecule has 1 heterocycles. The van der Waals surface area contributed by atoms with Crippen LogP contribution in [0.1, 0.15) is 24.1 Å². The minimum atomic E-state index is -4.75. The highest BCUT2D eigenvalue weighted by Crippen LogP contribution is 2.36. The number of hydrogen-bond acceptors (Lipinski definition) is 3. The number of sulfonamides is 1. The second-order valence-corrected chi connectivity index (χ2v) is 8.17. The van der Waals surface area contributed by atoms with E-state index in [0.717, 1.165) is 17.8 Å². The Balaban J connectivity index is 1.82. The Hall–Kier alpha value is -2.36. The molecular formula is C18H15ClF3N3O2S. The van der Waals surface area contributed by atoms with Gasteiger partial charge in [-0.15, -0.1) is 0 Å². The average molecular weight is 430 g/mol. The fourth-order valence-electron chi connectivity index (χ4n) is 2.60. The standard InChI is InChI=1S/C18H15ClF3N3O2S/c1-12(13-2-4-14(5-3-13)25-9-8-23-11-25)24-28(26,27)15-6-7-17(19)16(10-15)18(20,21)22/h2-12,24H,1H3. The summed E-state index contributed by atoms with van der Waals surface area (Å²) in [4.78, 5) is 3.44. The lowest BCUT2D eigenvalue weighted by Gasteiger charge is -2.16. The van der Waals surface area contributed by atoms with Crippen LogP contribution in [0.15, 0.2) is 66.1 Å². The molecule has 0 aliphatic heterocycles. The van der Waals surface area contributed by atoms with Crippen LogP contribution in [0.3, 0.4) is 0 Å². The summed E-state index contributed by atoms with van der Waals surface area (Å²) in [6.45, 7) is 1.60. The third-order valence-corrected chi connectivity index (χ3v) is 5.95. The second kappa shape index (κ2) is 7.57. The molecule has 0 saturated heterocycles. The molecule has 3 rings (SSSR count). The summed E-state index contributed by atoms with van der Waals surface area (Å²) in [5.41, 5.74) is 0.288. The molecule has 0 aliphatic carbocycles. The molecule has 1 aromatic heterocycles. The van der Waals surface area contributed by atoms with Gasteiger partial charge in [-0.3, -0.25) is 0 Å². The largest absolute Gasteiger partial charge is 0.417 e. The van der Waals surface area contributed by atoms with Gasteiger partial charge in [0, 0.05) is 24.1 Å². The normalized spacial score (nSPS) is 13.5. The van der Waals surface area contributed by atoms with Crippen molar-refractivity contribution in [1.29, 1.82) is 0 Å². The zero-order valence-corrected chi connectivity index (χ0v) is 16.1. The van der Waals surface area contributed by atoms with E-state index in [0.29, 0.717) is 11.6 Å². The van der Waals surface area contributed by atoms with E-state index in [9.17, 15) is 21.6 Å². The summed E-state index contributed by atoms with van der Waals surface area (Å²) in [5.74, 6) is 0. The zero-order chi connectivity index (χ0) is 20.5. The first-order chi connectivity index (χ1) is 13.1. The predicted molar refractivity (Wildman–Crippen MR) is 98.8 cm³/mol. The molecule has 1 N–H and O–H groups in total. The first-order valence-corrected chi connectivity index (χ1v) is 9.91. The highest BCUT2D eigenvalue weighted by Gasteiger charge is 2.34. The number of imidazole rings is 1. The summed E-state index contributed by atoms with van der Waals surface area (Å²) >= 11 is 5.55. The molecule has 10 heteroatoms. The summed E-state index contributed by atoms with van der Waals surface area (Å²) in [6.07, 6.45) is 0.267. The third-order valence-electron chi connectivity index (χ3n) is 4.08. The number of nitrogens with one attached hydrogen (secondary N) is 1. The maximum atomic E-state index is 13.0. The molecule has 3 aromatic rings. The molecule has 0 bridgehead atoms. The lowest BCUT2D eigenvalue weighted by atomic mass is 10.1. The van der Waals surface area contributed by atoms with Gasteiger partial charge >= 0.3 is 6.18 Å². The number of benzene rings is 2. The predicted octanol–water partition coefficient (Wildman–Crippen LogP) is 4.58. The molecule has 2 aromatic carbocycles. The second-order valence-electron chi connectivity index (χ2n) is 6.04. The van der Waals surface area contributed by atoms with Crippen molar-refractivity contribution < 1.29 is 21.6 Å². The Morgan fingerprint density at radius 3 is 2.39 bits per heavy atom. The highest BCUT2D eigenvalue weighted by atomic mass is 35.5. The van der Waals surface area contributed by atoms with E-state index in [4.69, 9.17) is 11.6 Å². The van der Waals surface area contributed by atoms with Gasteiger partial charge in [-0.05, 0) is 42.8 Å². The maximum Gasteiger partial charge on any atom is 0.417 e. The lowest BCUT2D eigenvalue weighted by molar-refractivity contribution is -0.137. The van der Waals surface area contributed by atoms with E-state index in [1.165, 1.54) is 0 Å². The van der Waals surface area contributed by atoms with Gasteiger partial charge in [0.05, 0.1) is 21.8 Å². The molecule has 5 nitrogen and oxygen atoms in total. The van der Waals surface area contributed by atoms with Crippen LogP contribution in [0.4, 0.5) is 13.2 Å². The Labute approximate surface area is 164 Å². The van der Waals surface area contributed by atoms with Crippen LogP contribution < -0.4 is 4.72 Å². The lowest BCUT2D eigenvalue weighted by Crippen LogP contribution is -2.27. The Kier molecular flexibility index (Phi) is 5.51. The first-order valence-electron chi connectivity index (χ1n) is 8.05. The van der Waals surface area contributed by atoms with Gasteiger partial charge in [0.15, 0.2) is 0 Å². The van der Waals surface area contributed by atoms with Crippen molar-refractivity contribution in [3.8, 4) is 5.69 Å². The zero-order valence-electron chi connectivity index (χ0n) is 14.5. The van der Waals surface area contributed by atoms with Crippen LogP contribution in [0.25, 0.3) is 5.69 Å². The van der Waals surface area contributed by atoms with Crippen molar-refractivity contribution in [2.24, 2.45) is 0 Å². The van der Waals surface area contributed by atoms with E-state index in [1.54, 1.807) is 54.5 Å². The molecule has 0 radical (unpaired) electrons. The number of hydrogen-bond donors (Lipinski definition) is 1. The van der Waals surface area contributed by atoms with E-state index >= 15 is 0 Å². The monoisotopic (exact) mass is 429 g/mol. The van der Waals surface area contributed by atoms with Crippen molar-refractivity contribution >= 4 is 21.6 Å². The van der Waals surface area contributed by atoms with Crippen molar-refractivity contribution in [2.75, 3.05) is 0 Å². The van der Waals surface area contributed by atoms with Crippen LogP contribution in [-0.2, 0) is 16.2 Å². The molecule has 1 unspecified atom stereocenters. The maximum absolute atomic E-state index is 13.0. The number of rotatable bonds is 5. The summed E-state index contributed by atoms with van der Waals surface area (Å²) in [7, 11) is -4.18. The van der Waals surface area contributed by atoms with Gasteiger partial charge in [0.2, 0.25) is 10.0 Å².